The number of halogens is 1. The highest BCUT2D eigenvalue weighted by atomic mass is 32.2. The van der Waals surface area contributed by atoms with Crippen molar-refractivity contribution in [1.82, 2.24) is 4.98 Å². The van der Waals surface area contributed by atoms with Crippen LogP contribution in [0.15, 0.2) is 18.2 Å². The topological polar surface area (TPSA) is 56.3 Å². The normalized spacial score (nSPS) is 11.2. The predicted octanol–water partition coefficient (Wildman–Crippen LogP) is 0.890. The van der Waals surface area contributed by atoms with Crippen molar-refractivity contribution < 1.29 is 17.0 Å². The van der Waals surface area contributed by atoms with Crippen LogP contribution in [0.4, 0.5) is 4.39 Å². The van der Waals surface area contributed by atoms with Crippen LogP contribution in [0.2, 0.25) is 0 Å². The molecule has 0 fully saturated rings. The molecule has 0 aromatic carbocycles. The molecule has 72 valence electrons. The summed E-state index contributed by atoms with van der Waals surface area (Å²) in [5.74, 6) is -0.113. The SMILES string of the molecule is CS(=O)(=O)Oc1cccc(CF)n1. The maximum Gasteiger partial charge on any atom is 0.307 e. The fraction of sp³-hybridized carbons (Fsp3) is 0.286. The van der Waals surface area contributed by atoms with Gasteiger partial charge in [-0.3, -0.25) is 0 Å². The highest BCUT2D eigenvalue weighted by Gasteiger charge is 2.05. The van der Waals surface area contributed by atoms with Crippen LogP contribution in [0.1, 0.15) is 5.69 Å². The molecule has 0 amide bonds. The first kappa shape index (κ1) is 9.91. The predicted molar refractivity (Wildman–Crippen MR) is 44.5 cm³/mol. The minimum absolute atomic E-state index is 0.113. The smallest absolute Gasteiger partial charge is 0.307 e. The van der Waals surface area contributed by atoms with Gasteiger partial charge in [-0.2, -0.15) is 8.42 Å². The van der Waals surface area contributed by atoms with Gasteiger partial charge in [0.2, 0.25) is 5.88 Å². The van der Waals surface area contributed by atoms with Crippen LogP contribution in [0.3, 0.4) is 0 Å². The van der Waals surface area contributed by atoms with E-state index in [2.05, 4.69) is 9.17 Å². The first-order valence-electron chi connectivity index (χ1n) is 3.42. The summed E-state index contributed by atoms with van der Waals surface area (Å²) < 4.78 is 37.8. The van der Waals surface area contributed by atoms with Crippen molar-refractivity contribution in [1.29, 1.82) is 0 Å². The van der Waals surface area contributed by atoms with Crippen molar-refractivity contribution in [2.24, 2.45) is 0 Å². The van der Waals surface area contributed by atoms with Gasteiger partial charge in [0.1, 0.15) is 6.67 Å². The van der Waals surface area contributed by atoms with Gasteiger partial charge in [-0.1, -0.05) is 6.07 Å². The fourth-order valence-corrected chi connectivity index (χ4v) is 1.14. The van der Waals surface area contributed by atoms with E-state index in [1.165, 1.54) is 18.2 Å². The molecule has 0 aliphatic carbocycles. The van der Waals surface area contributed by atoms with E-state index in [4.69, 9.17) is 0 Å². The lowest BCUT2D eigenvalue weighted by Gasteiger charge is -2.01. The second kappa shape index (κ2) is 3.69. The first-order chi connectivity index (χ1) is 6.01. The van der Waals surface area contributed by atoms with Gasteiger partial charge in [0, 0.05) is 6.07 Å². The Morgan fingerprint density at radius 2 is 2.23 bits per heavy atom. The summed E-state index contributed by atoms with van der Waals surface area (Å²) in [5, 5.41) is 0. The number of nitrogens with zero attached hydrogens (tertiary/aromatic N) is 1. The maximum atomic E-state index is 12.1. The minimum atomic E-state index is -3.59. The molecular weight excluding hydrogens is 197 g/mol. The molecule has 0 aliphatic heterocycles. The number of hydrogen-bond acceptors (Lipinski definition) is 4. The summed E-state index contributed by atoms with van der Waals surface area (Å²) in [6.07, 6.45) is 0.900. The van der Waals surface area contributed by atoms with E-state index in [9.17, 15) is 12.8 Å². The zero-order valence-electron chi connectivity index (χ0n) is 6.90. The quantitative estimate of drug-likeness (QED) is 0.687. The molecule has 0 unspecified atom stereocenters. The highest BCUT2D eigenvalue weighted by molar-refractivity contribution is 7.86. The summed E-state index contributed by atoms with van der Waals surface area (Å²) in [4.78, 5) is 3.60. The lowest BCUT2D eigenvalue weighted by atomic mass is 10.4. The number of pyridine rings is 1. The highest BCUT2D eigenvalue weighted by Crippen LogP contribution is 2.09. The molecule has 0 N–H and O–H groups in total. The van der Waals surface area contributed by atoms with Crippen molar-refractivity contribution in [3.05, 3.63) is 23.9 Å². The first-order valence-corrected chi connectivity index (χ1v) is 5.24. The molecule has 0 radical (unpaired) electrons. The summed E-state index contributed by atoms with van der Waals surface area (Å²) in [5.41, 5.74) is 0.140. The summed E-state index contributed by atoms with van der Waals surface area (Å²) >= 11 is 0. The van der Waals surface area contributed by atoms with Crippen LogP contribution in [0.5, 0.6) is 5.88 Å². The Balaban J connectivity index is 2.90. The number of aromatic nitrogens is 1. The molecule has 4 nitrogen and oxygen atoms in total. The molecule has 13 heavy (non-hydrogen) atoms. The monoisotopic (exact) mass is 205 g/mol. The molecule has 1 aromatic rings. The molecular formula is C7H8FNO3S. The summed E-state index contributed by atoms with van der Waals surface area (Å²) in [6, 6.07) is 4.26. The zero-order chi connectivity index (χ0) is 9.90. The van der Waals surface area contributed by atoms with Crippen LogP contribution >= 0.6 is 0 Å². The van der Waals surface area contributed by atoms with E-state index in [1.54, 1.807) is 0 Å². The van der Waals surface area contributed by atoms with E-state index in [-0.39, 0.29) is 11.6 Å². The molecule has 0 saturated carbocycles. The van der Waals surface area contributed by atoms with Crippen LogP contribution in [-0.4, -0.2) is 19.7 Å². The molecule has 0 aliphatic rings. The van der Waals surface area contributed by atoms with E-state index in [1.807, 2.05) is 0 Å². The molecule has 1 aromatic heterocycles. The van der Waals surface area contributed by atoms with E-state index in [0.717, 1.165) is 6.26 Å². The van der Waals surface area contributed by atoms with Gasteiger partial charge >= 0.3 is 10.1 Å². The average molecular weight is 205 g/mol. The molecule has 0 saturated heterocycles. The third-order valence-electron chi connectivity index (χ3n) is 1.15. The Hall–Kier alpha value is -1.17. The lowest BCUT2D eigenvalue weighted by molar-refractivity contribution is 0.458. The molecule has 0 atom stereocenters. The summed E-state index contributed by atoms with van der Waals surface area (Å²) in [7, 11) is -3.59. The zero-order valence-corrected chi connectivity index (χ0v) is 7.71. The van der Waals surface area contributed by atoms with Gasteiger partial charge in [-0.05, 0) is 6.07 Å². The van der Waals surface area contributed by atoms with E-state index < -0.39 is 16.8 Å². The van der Waals surface area contributed by atoms with Gasteiger partial charge in [0.25, 0.3) is 0 Å². The second-order valence-corrected chi connectivity index (χ2v) is 3.96. The van der Waals surface area contributed by atoms with Crippen molar-refractivity contribution >= 4 is 10.1 Å². The third-order valence-corrected chi connectivity index (χ3v) is 1.63. The second-order valence-electron chi connectivity index (χ2n) is 2.39. The fourth-order valence-electron chi connectivity index (χ4n) is 0.734. The Morgan fingerprint density at radius 1 is 1.54 bits per heavy atom. The van der Waals surface area contributed by atoms with E-state index >= 15 is 0 Å². The van der Waals surface area contributed by atoms with Crippen molar-refractivity contribution in [2.45, 2.75) is 6.67 Å². The Bertz CT molecular complexity index is 390. The standard InChI is InChI=1S/C7H8FNO3S/c1-13(10,11)12-7-4-2-3-6(5-8)9-7/h2-4H,5H2,1H3. The third kappa shape index (κ3) is 3.37. The van der Waals surface area contributed by atoms with Crippen molar-refractivity contribution in [3.8, 4) is 5.88 Å². The van der Waals surface area contributed by atoms with Crippen LogP contribution in [-0.2, 0) is 16.8 Å². The van der Waals surface area contributed by atoms with Gasteiger partial charge in [-0.25, -0.2) is 9.37 Å². The molecule has 1 rings (SSSR count). The van der Waals surface area contributed by atoms with E-state index in [0.29, 0.717) is 0 Å². The van der Waals surface area contributed by atoms with Crippen LogP contribution < -0.4 is 4.18 Å². The Labute approximate surface area is 75.5 Å². The molecule has 1 heterocycles. The van der Waals surface area contributed by atoms with Gasteiger partial charge in [-0.15, -0.1) is 0 Å². The molecule has 0 bridgehead atoms. The average Bonchev–Trinajstić information content (AvgIpc) is 2.01. The largest absolute Gasteiger partial charge is 0.362 e. The van der Waals surface area contributed by atoms with Crippen LogP contribution in [0, 0.1) is 0 Å². The van der Waals surface area contributed by atoms with Gasteiger partial charge in [0.05, 0.1) is 11.9 Å². The number of rotatable bonds is 3. The lowest BCUT2D eigenvalue weighted by Crippen LogP contribution is -2.07. The summed E-state index contributed by atoms with van der Waals surface area (Å²) in [6.45, 7) is -0.749. The van der Waals surface area contributed by atoms with Crippen molar-refractivity contribution in [3.63, 3.8) is 0 Å². The maximum absolute atomic E-state index is 12.1. The van der Waals surface area contributed by atoms with Crippen LogP contribution in [0.25, 0.3) is 0 Å². The number of hydrogen-bond donors (Lipinski definition) is 0. The van der Waals surface area contributed by atoms with Crippen molar-refractivity contribution in [2.75, 3.05) is 6.26 Å². The molecule has 6 heteroatoms. The Morgan fingerprint density at radius 3 is 2.77 bits per heavy atom. The van der Waals surface area contributed by atoms with Gasteiger partial charge < -0.3 is 4.18 Å². The number of alkyl halides is 1. The van der Waals surface area contributed by atoms with Gasteiger partial charge in [0.15, 0.2) is 0 Å². The Kier molecular flexibility index (Phi) is 2.82. The molecule has 0 spiro atoms. The minimum Gasteiger partial charge on any atom is -0.362 e.